The summed E-state index contributed by atoms with van der Waals surface area (Å²) in [6, 6.07) is 5.65. The Labute approximate surface area is 97.6 Å². The molecule has 0 aromatic heterocycles. The minimum absolute atomic E-state index is 0.260. The smallest absolute Gasteiger partial charge is 0.124 e. The van der Waals surface area contributed by atoms with Gasteiger partial charge in [-0.3, -0.25) is 0 Å². The Morgan fingerprint density at radius 1 is 1.31 bits per heavy atom. The van der Waals surface area contributed by atoms with E-state index in [1.54, 1.807) is 0 Å². The largest absolute Gasteiger partial charge is 0.494 e. The monoisotopic (exact) mass is 223 g/mol. The highest BCUT2D eigenvalue weighted by molar-refractivity contribution is 5.47. The fourth-order valence-electron chi connectivity index (χ4n) is 1.36. The predicted molar refractivity (Wildman–Crippen MR) is 66.6 cm³/mol. The number of nitrogen functional groups attached to an aromatic ring is 1. The molecule has 1 aromatic carbocycles. The average molecular weight is 223 g/mol. The first-order valence-corrected chi connectivity index (χ1v) is 5.80. The van der Waals surface area contributed by atoms with Crippen molar-refractivity contribution >= 4 is 5.69 Å². The van der Waals surface area contributed by atoms with E-state index in [0.29, 0.717) is 13.2 Å². The Morgan fingerprint density at radius 3 is 2.69 bits per heavy atom. The second-order valence-electron chi connectivity index (χ2n) is 3.83. The number of benzene rings is 1. The first-order chi connectivity index (χ1) is 7.67. The van der Waals surface area contributed by atoms with Crippen molar-refractivity contribution in [1.82, 2.24) is 0 Å². The molecule has 0 aliphatic carbocycles. The maximum atomic E-state index is 5.75. The molecule has 1 unspecified atom stereocenters. The topological polar surface area (TPSA) is 44.5 Å². The van der Waals surface area contributed by atoms with E-state index in [1.807, 2.05) is 25.1 Å². The van der Waals surface area contributed by atoms with Crippen molar-refractivity contribution in [3.8, 4) is 5.75 Å². The molecule has 1 rings (SSSR count). The van der Waals surface area contributed by atoms with E-state index in [-0.39, 0.29) is 6.10 Å². The molecule has 16 heavy (non-hydrogen) atoms. The van der Waals surface area contributed by atoms with Gasteiger partial charge in [0.2, 0.25) is 0 Å². The second kappa shape index (κ2) is 6.38. The van der Waals surface area contributed by atoms with Gasteiger partial charge < -0.3 is 15.2 Å². The van der Waals surface area contributed by atoms with Crippen LogP contribution in [0.25, 0.3) is 0 Å². The highest BCUT2D eigenvalue weighted by Gasteiger charge is 2.06. The van der Waals surface area contributed by atoms with E-state index in [9.17, 15) is 0 Å². The summed E-state index contributed by atoms with van der Waals surface area (Å²) in [6.45, 7) is 7.34. The van der Waals surface area contributed by atoms with Crippen LogP contribution in [0.5, 0.6) is 5.75 Å². The van der Waals surface area contributed by atoms with E-state index < -0.39 is 0 Å². The molecule has 0 saturated heterocycles. The number of hydrogen-bond acceptors (Lipinski definition) is 3. The molecule has 0 aliphatic rings. The third kappa shape index (κ3) is 3.74. The molecule has 0 bridgehead atoms. The van der Waals surface area contributed by atoms with Crippen molar-refractivity contribution in [2.75, 3.05) is 12.3 Å². The zero-order chi connectivity index (χ0) is 12.0. The minimum atomic E-state index is 0.260. The molecule has 2 N–H and O–H groups in total. The SMILES string of the molecule is CCOc1ccc(N)cc1COC(C)CC. The van der Waals surface area contributed by atoms with Gasteiger partial charge in [0.1, 0.15) is 5.75 Å². The van der Waals surface area contributed by atoms with Gasteiger partial charge in [0.15, 0.2) is 0 Å². The van der Waals surface area contributed by atoms with Gasteiger partial charge in [0.05, 0.1) is 19.3 Å². The Morgan fingerprint density at radius 2 is 2.06 bits per heavy atom. The van der Waals surface area contributed by atoms with E-state index in [4.69, 9.17) is 15.2 Å². The highest BCUT2D eigenvalue weighted by atomic mass is 16.5. The molecule has 1 atom stereocenters. The van der Waals surface area contributed by atoms with Gasteiger partial charge in [0, 0.05) is 11.3 Å². The number of rotatable bonds is 6. The van der Waals surface area contributed by atoms with E-state index in [1.165, 1.54) is 0 Å². The van der Waals surface area contributed by atoms with Crippen LogP contribution in [0.3, 0.4) is 0 Å². The molecule has 1 aromatic rings. The summed E-state index contributed by atoms with van der Waals surface area (Å²) in [6.07, 6.45) is 1.27. The maximum Gasteiger partial charge on any atom is 0.124 e. The fourth-order valence-corrected chi connectivity index (χ4v) is 1.36. The molecular weight excluding hydrogens is 202 g/mol. The van der Waals surface area contributed by atoms with Crippen LogP contribution in [-0.4, -0.2) is 12.7 Å². The van der Waals surface area contributed by atoms with Crippen molar-refractivity contribution in [3.63, 3.8) is 0 Å². The molecule has 0 amide bonds. The summed E-state index contributed by atoms with van der Waals surface area (Å²) in [5.74, 6) is 0.861. The molecule has 0 heterocycles. The van der Waals surface area contributed by atoms with Crippen molar-refractivity contribution in [2.45, 2.75) is 39.9 Å². The standard InChI is InChI=1S/C13H21NO2/c1-4-10(3)16-9-11-8-12(14)6-7-13(11)15-5-2/h6-8,10H,4-5,9,14H2,1-3H3. The van der Waals surface area contributed by atoms with Gasteiger partial charge in [-0.1, -0.05) is 6.92 Å². The predicted octanol–water partition coefficient (Wildman–Crippen LogP) is 2.98. The summed E-state index contributed by atoms with van der Waals surface area (Å²) in [4.78, 5) is 0. The molecule has 0 aliphatic heterocycles. The first kappa shape index (κ1) is 12.8. The summed E-state index contributed by atoms with van der Waals surface area (Å²) in [5, 5.41) is 0. The third-order valence-electron chi connectivity index (χ3n) is 2.48. The van der Waals surface area contributed by atoms with E-state index >= 15 is 0 Å². The van der Waals surface area contributed by atoms with E-state index in [0.717, 1.165) is 23.4 Å². The molecule has 0 saturated carbocycles. The molecule has 3 nitrogen and oxygen atoms in total. The first-order valence-electron chi connectivity index (χ1n) is 5.80. The molecule has 0 fully saturated rings. The lowest BCUT2D eigenvalue weighted by Crippen LogP contribution is -2.07. The Bertz CT molecular complexity index is 326. The van der Waals surface area contributed by atoms with Crippen LogP contribution in [0.4, 0.5) is 5.69 Å². The van der Waals surface area contributed by atoms with Crippen molar-refractivity contribution < 1.29 is 9.47 Å². The molecular formula is C13H21NO2. The molecule has 3 heteroatoms. The van der Waals surface area contributed by atoms with Gasteiger partial charge >= 0.3 is 0 Å². The van der Waals surface area contributed by atoms with Crippen LogP contribution >= 0.6 is 0 Å². The van der Waals surface area contributed by atoms with Gasteiger partial charge in [-0.2, -0.15) is 0 Å². The van der Waals surface area contributed by atoms with Gasteiger partial charge in [-0.05, 0) is 38.5 Å². The van der Waals surface area contributed by atoms with Crippen molar-refractivity contribution in [2.24, 2.45) is 0 Å². The second-order valence-corrected chi connectivity index (χ2v) is 3.83. The normalized spacial score (nSPS) is 12.4. The van der Waals surface area contributed by atoms with Crippen molar-refractivity contribution in [1.29, 1.82) is 0 Å². The highest BCUT2D eigenvalue weighted by Crippen LogP contribution is 2.22. The van der Waals surface area contributed by atoms with Gasteiger partial charge in [0.25, 0.3) is 0 Å². The zero-order valence-corrected chi connectivity index (χ0v) is 10.3. The summed E-state index contributed by atoms with van der Waals surface area (Å²) in [7, 11) is 0. The lowest BCUT2D eigenvalue weighted by molar-refractivity contribution is 0.0495. The lowest BCUT2D eigenvalue weighted by Gasteiger charge is -2.14. The minimum Gasteiger partial charge on any atom is -0.494 e. The van der Waals surface area contributed by atoms with Crippen LogP contribution in [0.1, 0.15) is 32.8 Å². The summed E-state index contributed by atoms with van der Waals surface area (Å²) >= 11 is 0. The van der Waals surface area contributed by atoms with Crippen molar-refractivity contribution in [3.05, 3.63) is 23.8 Å². The molecule has 90 valence electrons. The number of ether oxygens (including phenoxy) is 2. The average Bonchev–Trinajstić information content (AvgIpc) is 2.29. The number of nitrogens with two attached hydrogens (primary N) is 1. The Kier molecular flexibility index (Phi) is 5.12. The van der Waals surface area contributed by atoms with Crippen LogP contribution in [0.15, 0.2) is 18.2 Å². The van der Waals surface area contributed by atoms with Gasteiger partial charge in [-0.15, -0.1) is 0 Å². The van der Waals surface area contributed by atoms with E-state index in [2.05, 4.69) is 13.8 Å². The fraction of sp³-hybridized carbons (Fsp3) is 0.538. The Hall–Kier alpha value is -1.22. The quantitative estimate of drug-likeness (QED) is 0.754. The summed E-state index contributed by atoms with van der Waals surface area (Å²) in [5.41, 5.74) is 7.51. The van der Waals surface area contributed by atoms with Crippen LogP contribution in [0.2, 0.25) is 0 Å². The zero-order valence-electron chi connectivity index (χ0n) is 10.3. The Balaban J connectivity index is 2.71. The number of hydrogen-bond donors (Lipinski definition) is 1. The molecule has 0 spiro atoms. The summed E-state index contributed by atoms with van der Waals surface area (Å²) < 4.78 is 11.2. The van der Waals surface area contributed by atoms with Crippen LogP contribution in [-0.2, 0) is 11.3 Å². The third-order valence-corrected chi connectivity index (χ3v) is 2.48. The van der Waals surface area contributed by atoms with Crippen LogP contribution < -0.4 is 10.5 Å². The maximum absolute atomic E-state index is 5.75. The molecule has 0 radical (unpaired) electrons. The lowest BCUT2D eigenvalue weighted by atomic mass is 10.2. The number of anilines is 1. The van der Waals surface area contributed by atoms with Crippen LogP contribution in [0, 0.1) is 0 Å². The van der Waals surface area contributed by atoms with Gasteiger partial charge in [-0.25, -0.2) is 0 Å².